The van der Waals surface area contributed by atoms with E-state index in [0.29, 0.717) is 0 Å². The minimum atomic E-state index is -0.0652. The van der Waals surface area contributed by atoms with Gasteiger partial charge in [-0.25, -0.2) is 0 Å². The number of nitrogen functional groups attached to an aromatic ring is 1. The molecule has 0 atom stereocenters. The first kappa shape index (κ1) is 12.0. The highest BCUT2D eigenvalue weighted by molar-refractivity contribution is 6.27. The van der Waals surface area contributed by atoms with Crippen LogP contribution in [-0.4, -0.2) is 5.91 Å². The molecule has 0 bridgehead atoms. The molecule has 3 nitrogen and oxygen atoms in total. The summed E-state index contributed by atoms with van der Waals surface area (Å²) >= 11 is 0. The van der Waals surface area contributed by atoms with Gasteiger partial charge in [-0.1, -0.05) is 36.4 Å². The van der Waals surface area contributed by atoms with E-state index in [9.17, 15) is 4.79 Å². The topological polar surface area (TPSA) is 55.1 Å². The van der Waals surface area contributed by atoms with E-state index >= 15 is 0 Å². The van der Waals surface area contributed by atoms with Crippen LogP contribution in [0.2, 0.25) is 0 Å². The van der Waals surface area contributed by atoms with Crippen LogP contribution in [0.5, 0.6) is 0 Å². The van der Waals surface area contributed by atoms with Gasteiger partial charge in [0.15, 0.2) is 0 Å². The molecule has 1 amide bonds. The molecule has 4 aromatic carbocycles. The molecular formula is C18H14N2O. The van der Waals surface area contributed by atoms with Gasteiger partial charge in [-0.15, -0.1) is 0 Å². The molecule has 0 aliphatic rings. The lowest BCUT2D eigenvalue weighted by Crippen LogP contribution is -2.06. The molecule has 0 saturated heterocycles. The molecule has 0 unspecified atom stereocenters. The van der Waals surface area contributed by atoms with Crippen molar-refractivity contribution in [2.24, 2.45) is 0 Å². The van der Waals surface area contributed by atoms with Crippen LogP contribution in [0, 0.1) is 0 Å². The van der Waals surface area contributed by atoms with Gasteiger partial charge in [0.2, 0.25) is 5.91 Å². The molecule has 0 aromatic heterocycles. The predicted molar refractivity (Wildman–Crippen MR) is 88.9 cm³/mol. The average Bonchev–Trinajstić information content (AvgIpc) is 2.48. The minimum Gasteiger partial charge on any atom is -0.398 e. The molecule has 3 heteroatoms. The number of rotatable bonds is 1. The Morgan fingerprint density at radius 2 is 1.43 bits per heavy atom. The number of carbonyl (C=O) groups excluding carboxylic acids is 1. The molecule has 4 aromatic rings. The number of nitrogens with one attached hydrogen (secondary N) is 1. The molecule has 4 rings (SSSR count). The lowest BCUT2D eigenvalue weighted by atomic mass is 9.93. The van der Waals surface area contributed by atoms with Crippen molar-refractivity contribution >= 4 is 49.6 Å². The smallest absolute Gasteiger partial charge is 0.221 e. The summed E-state index contributed by atoms with van der Waals surface area (Å²) in [5.41, 5.74) is 7.73. The van der Waals surface area contributed by atoms with E-state index in [2.05, 4.69) is 17.4 Å². The second-order valence-corrected chi connectivity index (χ2v) is 5.37. The van der Waals surface area contributed by atoms with Gasteiger partial charge in [0, 0.05) is 29.1 Å². The molecule has 0 aliphatic carbocycles. The molecule has 0 radical (unpaired) electrons. The van der Waals surface area contributed by atoms with Crippen LogP contribution in [0.1, 0.15) is 6.92 Å². The van der Waals surface area contributed by atoms with Crippen molar-refractivity contribution in [1.82, 2.24) is 0 Å². The summed E-state index contributed by atoms with van der Waals surface area (Å²) in [6.45, 7) is 1.52. The molecule has 0 heterocycles. The summed E-state index contributed by atoms with van der Waals surface area (Å²) in [5.74, 6) is -0.0652. The summed E-state index contributed by atoms with van der Waals surface area (Å²) in [4.78, 5) is 11.4. The number of carbonyl (C=O) groups is 1. The average molecular weight is 274 g/mol. The second-order valence-electron chi connectivity index (χ2n) is 5.37. The number of nitrogens with two attached hydrogens (primary N) is 1. The van der Waals surface area contributed by atoms with Crippen LogP contribution in [0.15, 0.2) is 48.5 Å². The molecule has 0 saturated carbocycles. The number of hydrogen-bond donors (Lipinski definition) is 2. The van der Waals surface area contributed by atoms with Crippen molar-refractivity contribution in [3.05, 3.63) is 48.5 Å². The van der Waals surface area contributed by atoms with E-state index in [-0.39, 0.29) is 5.91 Å². The van der Waals surface area contributed by atoms with Crippen LogP contribution < -0.4 is 11.1 Å². The Labute approximate surface area is 121 Å². The Morgan fingerprint density at radius 1 is 0.857 bits per heavy atom. The Morgan fingerprint density at radius 3 is 2.14 bits per heavy atom. The van der Waals surface area contributed by atoms with Gasteiger partial charge in [0.25, 0.3) is 0 Å². The van der Waals surface area contributed by atoms with Gasteiger partial charge in [-0.3, -0.25) is 4.79 Å². The van der Waals surface area contributed by atoms with Crippen LogP contribution in [0.4, 0.5) is 11.4 Å². The zero-order chi connectivity index (χ0) is 14.6. The van der Waals surface area contributed by atoms with Crippen molar-refractivity contribution in [2.75, 3.05) is 11.1 Å². The van der Waals surface area contributed by atoms with Crippen LogP contribution >= 0.6 is 0 Å². The second kappa shape index (κ2) is 4.09. The largest absolute Gasteiger partial charge is 0.398 e. The lowest BCUT2D eigenvalue weighted by Gasteiger charge is -2.14. The molecular weight excluding hydrogens is 260 g/mol. The van der Waals surface area contributed by atoms with Gasteiger partial charge in [0.05, 0.1) is 0 Å². The standard InChI is InChI=1S/C18H14N2O/c1-10(21)20-16-9-5-12-3-2-11-4-8-15(19)13-6-7-14(16)18(12)17(11)13/h2-9H,19H2,1H3,(H,20,21). The summed E-state index contributed by atoms with van der Waals surface area (Å²) in [7, 11) is 0. The van der Waals surface area contributed by atoms with Gasteiger partial charge in [-0.2, -0.15) is 0 Å². The monoisotopic (exact) mass is 274 g/mol. The highest BCUT2D eigenvalue weighted by Crippen LogP contribution is 2.39. The lowest BCUT2D eigenvalue weighted by molar-refractivity contribution is -0.114. The van der Waals surface area contributed by atoms with Crippen molar-refractivity contribution in [3.63, 3.8) is 0 Å². The fourth-order valence-corrected chi connectivity index (χ4v) is 3.12. The number of benzene rings is 4. The molecule has 21 heavy (non-hydrogen) atoms. The number of anilines is 2. The van der Waals surface area contributed by atoms with E-state index in [1.165, 1.54) is 6.92 Å². The van der Waals surface area contributed by atoms with E-state index in [4.69, 9.17) is 5.73 Å². The Hall–Kier alpha value is -2.81. The summed E-state index contributed by atoms with van der Waals surface area (Å²) < 4.78 is 0. The highest BCUT2D eigenvalue weighted by Gasteiger charge is 2.12. The molecule has 0 aliphatic heterocycles. The fraction of sp³-hybridized carbons (Fsp3) is 0.0556. The minimum absolute atomic E-state index is 0.0652. The maximum absolute atomic E-state index is 11.4. The van der Waals surface area contributed by atoms with Crippen molar-refractivity contribution in [3.8, 4) is 0 Å². The Kier molecular flexibility index (Phi) is 2.33. The van der Waals surface area contributed by atoms with Crippen molar-refractivity contribution in [1.29, 1.82) is 0 Å². The van der Waals surface area contributed by atoms with Gasteiger partial charge in [0.1, 0.15) is 0 Å². The van der Waals surface area contributed by atoms with Crippen LogP contribution in [0.3, 0.4) is 0 Å². The number of hydrogen-bond acceptors (Lipinski definition) is 2. The van der Waals surface area contributed by atoms with Gasteiger partial charge >= 0.3 is 0 Å². The Balaban J connectivity index is 2.24. The fourth-order valence-electron chi connectivity index (χ4n) is 3.12. The molecule has 102 valence electrons. The molecule has 3 N–H and O–H groups in total. The maximum atomic E-state index is 11.4. The van der Waals surface area contributed by atoms with E-state index in [1.54, 1.807) is 0 Å². The highest BCUT2D eigenvalue weighted by atomic mass is 16.1. The zero-order valence-corrected chi connectivity index (χ0v) is 11.6. The SMILES string of the molecule is CC(=O)Nc1ccc2ccc3ccc(N)c4ccc1c2c34. The summed E-state index contributed by atoms with van der Waals surface area (Å²) in [6.07, 6.45) is 0. The third-order valence-corrected chi connectivity index (χ3v) is 4.01. The third-order valence-electron chi connectivity index (χ3n) is 4.01. The predicted octanol–water partition coefficient (Wildman–Crippen LogP) is 4.12. The maximum Gasteiger partial charge on any atom is 0.221 e. The quantitative estimate of drug-likeness (QED) is 0.405. The van der Waals surface area contributed by atoms with Crippen molar-refractivity contribution < 1.29 is 4.79 Å². The first-order valence-electron chi connectivity index (χ1n) is 6.89. The van der Waals surface area contributed by atoms with Gasteiger partial charge in [-0.05, 0) is 33.7 Å². The van der Waals surface area contributed by atoms with E-state index in [0.717, 1.165) is 43.7 Å². The van der Waals surface area contributed by atoms with Crippen LogP contribution in [0.25, 0.3) is 32.3 Å². The normalized spacial score (nSPS) is 11.5. The summed E-state index contributed by atoms with van der Waals surface area (Å²) in [6, 6.07) is 16.3. The summed E-state index contributed by atoms with van der Waals surface area (Å²) in [5, 5.41) is 9.65. The van der Waals surface area contributed by atoms with Crippen molar-refractivity contribution in [2.45, 2.75) is 6.92 Å². The van der Waals surface area contributed by atoms with E-state index in [1.807, 2.05) is 36.4 Å². The molecule has 0 spiro atoms. The zero-order valence-electron chi connectivity index (χ0n) is 11.6. The first-order valence-corrected chi connectivity index (χ1v) is 6.89. The van der Waals surface area contributed by atoms with E-state index < -0.39 is 0 Å². The third kappa shape index (κ3) is 1.64. The Bertz CT molecular complexity index is 1000. The molecule has 0 fully saturated rings. The first-order chi connectivity index (χ1) is 10.1. The van der Waals surface area contributed by atoms with Crippen LogP contribution in [-0.2, 0) is 4.79 Å². The number of amides is 1. The van der Waals surface area contributed by atoms with Gasteiger partial charge < -0.3 is 11.1 Å².